The third-order valence-corrected chi connectivity index (χ3v) is 1.74. The zero-order valence-electron chi connectivity index (χ0n) is 6.45. The zero-order chi connectivity index (χ0) is 8.10. The predicted octanol–water partition coefficient (Wildman–Crippen LogP) is -0.151. The summed E-state index contributed by atoms with van der Waals surface area (Å²) in [7, 11) is 0. The smallest absolute Gasteiger partial charge is 0.271 e. The number of hydrogen-bond acceptors (Lipinski definition) is 4. The fourth-order valence-corrected chi connectivity index (χ4v) is 1.10. The Morgan fingerprint density at radius 1 is 1.36 bits per heavy atom. The minimum atomic E-state index is -0.580. The first kappa shape index (κ1) is 8.36. The van der Waals surface area contributed by atoms with E-state index in [1.54, 1.807) is 0 Å². The average molecular weight is 158 g/mol. The van der Waals surface area contributed by atoms with Crippen LogP contribution in [0, 0.1) is 0 Å². The second-order valence-corrected chi connectivity index (χ2v) is 2.61. The van der Waals surface area contributed by atoms with Crippen molar-refractivity contribution < 1.29 is 10.2 Å². The van der Waals surface area contributed by atoms with Crippen molar-refractivity contribution in [2.75, 3.05) is 32.7 Å². The van der Waals surface area contributed by atoms with Crippen molar-refractivity contribution in [3.05, 3.63) is 12.0 Å². The molecule has 1 rings (SSSR count). The van der Waals surface area contributed by atoms with E-state index in [1.807, 2.05) is 0 Å². The van der Waals surface area contributed by atoms with Crippen LogP contribution < -0.4 is 5.32 Å². The maximum atomic E-state index is 8.46. The van der Waals surface area contributed by atoms with E-state index in [0.717, 1.165) is 26.2 Å². The standard InChI is InChI=1S/C7H14N2O2/c10-7(11)1-4-9-5-2-8-3-6-9/h1,8,10-11H,2-6H2. The van der Waals surface area contributed by atoms with Crippen LogP contribution in [0.5, 0.6) is 0 Å². The molecule has 0 aromatic heterocycles. The molecule has 0 amide bonds. The summed E-state index contributed by atoms with van der Waals surface area (Å²) in [5, 5.41) is 20.1. The van der Waals surface area contributed by atoms with Gasteiger partial charge in [-0.2, -0.15) is 0 Å². The van der Waals surface area contributed by atoms with Gasteiger partial charge in [-0.25, -0.2) is 0 Å². The van der Waals surface area contributed by atoms with Gasteiger partial charge in [0.1, 0.15) is 0 Å². The van der Waals surface area contributed by atoms with Gasteiger partial charge in [0, 0.05) is 38.8 Å². The van der Waals surface area contributed by atoms with E-state index in [0.29, 0.717) is 6.54 Å². The Kier molecular flexibility index (Phi) is 3.19. The fraction of sp³-hybridized carbons (Fsp3) is 0.714. The Hall–Kier alpha value is -0.740. The van der Waals surface area contributed by atoms with Crippen molar-refractivity contribution in [1.82, 2.24) is 10.2 Å². The molecule has 1 aliphatic heterocycles. The maximum Gasteiger partial charge on any atom is 0.271 e. The Labute approximate surface area is 66.1 Å². The lowest BCUT2D eigenvalue weighted by atomic mass is 10.3. The van der Waals surface area contributed by atoms with Crippen molar-refractivity contribution in [3.63, 3.8) is 0 Å². The second-order valence-electron chi connectivity index (χ2n) is 2.61. The third kappa shape index (κ3) is 3.25. The molecule has 1 aliphatic rings. The summed E-state index contributed by atoms with van der Waals surface area (Å²) in [6.07, 6.45) is 1.41. The molecule has 1 fully saturated rings. The van der Waals surface area contributed by atoms with E-state index in [-0.39, 0.29) is 0 Å². The van der Waals surface area contributed by atoms with Crippen molar-refractivity contribution >= 4 is 0 Å². The number of aliphatic hydroxyl groups is 2. The van der Waals surface area contributed by atoms with Gasteiger partial charge in [0.2, 0.25) is 0 Å². The SMILES string of the molecule is OC(O)=CCN1CCNCC1. The second kappa shape index (κ2) is 4.20. The van der Waals surface area contributed by atoms with Crippen LogP contribution in [0.1, 0.15) is 0 Å². The zero-order valence-corrected chi connectivity index (χ0v) is 6.45. The number of piperazine rings is 1. The molecule has 1 saturated heterocycles. The number of hydrogen-bond donors (Lipinski definition) is 3. The van der Waals surface area contributed by atoms with Crippen LogP contribution in [0.3, 0.4) is 0 Å². The van der Waals surface area contributed by atoms with E-state index >= 15 is 0 Å². The quantitative estimate of drug-likeness (QED) is 0.489. The van der Waals surface area contributed by atoms with Crippen LogP contribution in [-0.2, 0) is 0 Å². The van der Waals surface area contributed by atoms with Crippen molar-refractivity contribution in [3.8, 4) is 0 Å². The highest BCUT2D eigenvalue weighted by atomic mass is 16.5. The Morgan fingerprint density at radius 3 is 2.55 bits per heavy atom. The monoisotopic (exact) mass is 158 g/mol. The van der Waals surface area contributed by atoms with Gasteiger partial charge in [0.25, 0.3) is 5.95 Å². The fourth-order valence-electron chi connectivity index (χ4n) is 1.10. The first-order valence-electron chi connectivity index (χ1n) is 3.80. The molecule has 11 heavy (non-hydrogen) atoms. The molecule has 64 valence electrons. The molecule has 0 atom stereocenters. The van der Waals surface area contributed by atoms with Crippen LogP contribution >= 0.6 is 0 Å². The van der Waals surface area contributed by atoms with Crippen LogP contribution in [0.2, 0.25) is 0 Å². The lowest BCUT2D eigenvalue weighted by Crippen LogP contribution is -2.43. The molecule has 1 heterocycles. The predicted molar refractivity (Wildman–Crippen MR) is 42.7 cm³/mol. The first-order valence-corrected chi connectivity index (χ1v) is 3.80. The molecule has 0 saturated carbocycles. The van der Waals surface area contributed by atoms with Gasteiger partial charge in [0.15, 0.2) is 0 Å². The largest absolute Gasteiger partial charge is 0.481 e. The number of nitrogens with one attached hydrogen (secondary N) is 1. The molecule has 0 bridgehead atoms. The topological polar surface area (TPSA) is 55.7 Å². The van der Waals surface area contributed by atoms with E-state index in [4.69, 9.17) is 10.2 Å². The summed E-state index contributed by atoms with van der Waals surface area (Å²) < 4.78 is 0. The molecule has 4 heteroatoms. The minimum Gasteiger partial charge on any atom is -0.481 e. The van der Waals surface area contributed by atoms with E-state index in [1.165, 1.54) is 6.08 Å². The van der Waals surface area contributed by atoms with Crippen LogP contribution in [0.25, 0.3) is 0 Å². The number of rotatable bonds is 2. The van der Waals surface area contributed by atoms with Crippen molar-refractivity contribution in [2.24, 2.45) is 0 Å². The first-order chi connectivity index (χ1) is 5.29. The van der Waals surface area contributed by atoms with Gasteiger partial charge in [0.05, 0.1) is 0 Å². The van der Waals surface area contributed by atoms with Crippen molar-refractivity contribution in [1.29, 1.82) is 0 Å². The summed E-state index contributed by atoms with van der Waals surface area (Å²) in [6, 6.07) is 0. The Bertz CT molecular complexity index is 137. The van der Waals surface area contributed by atoms with Crippen LogP contribution in [-0.4, -0.2) is 47.8 Å². The highest BCUT2D eigenvalue weighted by molar-refractivity contribution is 4.84. The highest BCUT2D eigenvalue weighted by Crippen LogP contribution is 1.92. The molecule has 4 nitrogen and oxygen atoms in total. The summed E-state index contributed by atoms with van der Waals surface area (Å²) >= 11 is 0. The van der Waals surface area contributed by atoms with Gasteiger partial charge in [-0.1, -0.05) is 0 Å². The lowest BCUT2D eigenvalue weighted by Gasteiger charge is -2.25. The minimum absolute atomic E-state index is 0.580. The molecule has 0 aromatic carbocycles. The van der Waals surface area contributed by atoms with Crippen molar-refractivity contribution in [2.45, 2.75) is 0 Å². The molecular weight excluding hydrogens is 144 g/mol. The van der Waals surface area contributed by atoms with E-state index in [2.05, 4.69) is 10.2 Å². The van der Waals surface area contributed by atoms with Gasteiger partial charge in [-0.3, -0.25) is 4.90 Å². The molecule has 0 aromatic rings. The van der Waals surface area contributed by atoms with Gasteiger partial charge in [-0.05, 0) is 0 Å². The highest BCUT2D eigenvalue weighted by Gasteiger charge is 2.07. The molecular formula is C7H14N2O2. The van der Waals surface area contributed by atoms with Gasteiger partial charge in [-0.15, -0.1) is 0 Å². The third-order valence-electron chi connectivity index (χ3n) is 1.74. The normalized spacial score (nSPS) is 19.6. The molecule has 0 aliphatic carbocycles. The van der Waals surface area contributed by atoms with E-state index < -0.39 is 5.95 Å². The maximum absolute atomic E-state index is 8.46. The Balaban J connectivity index is 2.19. The summed E-state index contributed by atoms with van der Waals surface area (Å²) in [4.78, 5) is 2.16. The van der Waals surface area contributed by atoms with Gasteiger partial charge < -0.3 is 15.5 Å². The summed E-state index contributed by atoms with van der Waals surface area (Å²) in [5.74, 6) is -0.580. The average Bonchev–Trinajstić information content (AvgIpc) is 2.03. The lowest BCUT2D eigenvalue weighted by molar-refractivity contribution is 0.183. The molecule has 0 spiro atoms. The Morgan fingerprint density at radius 2 is 2.00 bits per heavy atom. The molecule has 3 N–H and O–H groups in total. The van der Waals surface area contributed by atoms with Crippen LogP contribution in [0.4, 0.5) is 0 Å². The number of nitrogens with zero attached hydrogens (tertiary/aromatic N) is 1. The van der Waals surface area contributed by atoms with E-state index in [9.17, 15) is 0 Å². The van der Waals surface area contributed by atoms with Gasteiger partial charge >= 0.3 is 0 Å². The van der Waals surface area contributed by atoms with Crippen LogP contribution in [0.15, 0.2) is 12.0 Å². The molecule has 0 radical (unpaired) electrons. The molecule has 0 unspecified atom stereocenters. The summed E-state index contributed by atoms with van der Waals surface area (Å²) in [5.41, 5.74) is 0. The number of aliphatic hydroxyl groups excluding tert-OH is 1. The summed E-state index contributed by atoms with van der Waals surface area (Å²) in [6.45, 7) is 4.55.